The van der Waals surface area contributed by atoms with Crippen LogP contribution in [0.3, 0.4) is 0 Å². The molecule has 1 aliphatic rings. The molecular formula is C13H15N3O. The number of nitrogens with zero attached hydrogens (tertiary/aromatic N) is 3. The highest BCUT2D eigenvalue weighted by Crippen LogP contribution is 2.09. The molecule has 0 spiro atoms. The first-order chi connectivity index (χ1) is 8.24. The second-order valence-electron chi connectivity index (χ2n) is 4.60. The minimum absolute atomic E-state index is 0.0260. The van der Waals surface area contributed by atoms with Crippen molar-refractivity contribution in [1.29, 1.82) is 0 Å². The summed E-state index contributed by atoms with van der Waals surface area (Å²) in [6.45, 7) is 3.45. The first-order valence-electron chi connectivity index (χ1n) is 5.96. The van der Waals surface area contributed by atoms with Crippen LogP contribution in [-0.2, 0) is 19.5 Å². The Hall–Kier alpha value is -1.84. The molecule has 4 nitrogen and oxygen atoms in total. The molecule has 0 aliphatic carbocycles. The molecule has 4 heteroatoms. The van der Waals surface area contributed by atoms with Crippen LogP contribution in [0.1, 0.15) is 23.4 Å². The predicted molar refractivity (Wildman–Crippen MR) is 65.1 cm³/mol. The van der Waals surface area contributed by atoms with Crippen molar-refractivity contribution in [3.05, 3.63) is 51.7 Å². The van der Waals surface area contributed by atoms with Gasteiger partial charge in [0.05, 0.1) is 6.54 Å². The van der Waals surface area contributed by atoms with Crippen LogP contribution in [0.15, 0.2) is 29.1 Å². The van der Waals surface area contributed by atoms with Gasteiger partial charge in [-0.3, -0.25) is 4.57 Å². The van der Waals surface area contributed by atoms with Gasteiger partial charge in [-0.15, -0.1) is 0 Å². The summed E-state index contributed by atoms with van der Waals surface area (Å²) in [6.07, 6.45) is 1.97. The zero-order valence-electron chi connectivity index (χ0n) is 9.89. The van der Waals surface area contributed by atoms with E-state index in [4.69, 9.17) is 0 Å². The van der Waals surface area contributed by atoms with Gasteiger partial charge in [-0.1, -0.05) is 29.8 Å². The van der Waals surface area contributed by atoms with E-state index in [2.05, 4.69) is 24.2 Å². The average Bonchev–Trinajstić information content (AvgIpc) is 2.87. The van der Waals surface area contributed by atoms with Gasteiger partial charge >= 0.3 is 5.69 Å². The summed E-state index contributed by atoms with van der Waals surface area (Å²) >= 11 is 0. The Kier molecular flexibility index (Phi) is 2.35. The van der Waals surface area contributed by atoms with Crippen LogP contribution in [-0.4, -0.2) is 14.3 Å². The predicted octanol–water partition coefficient (Wildman–Crippen LogP) is 1.35. The second kappa shape index (κ2) is 3.87. The van der Waals surface area contributed by atoms with Gasteiger partial charge in [-0.2, -0.15) is 5.10 Å². The maximum absolute atomic E-state index is 12.0. The molecule has 0 radical (unpaired) electrons. The first kappa shape index (κ1) is 10.3. The third-order valence-corrected chi connectivity index (χ3v) is 3.23. The van der Waals surface area contributed by atoms with E-state index in [1.807, 2.05) is 12.1 Å². The molecule has 0 N–H and O–H groups in total. The Labute approximate surface area is 99.5 Å². The summed E-state index contributed by atoms with van der Waals surface area (Å²) in [6, 6.07) is 8.22. The van der Waals surface area contributed by atoms with Crippen LogP contribution in [0.2, 0.25) is 0 Å². The number of rotatable bonds is 2. The molecular weight excluding hydrogens is 214 g/mol. The fraction of sp³-hybridized carbons (Fsp3) is 0.385. The Bertz CT molecular complexity index is 592. The molecule has 0 saturated carbocycles. The van der Waals surface area contributed by atoms with E-state index in [1.165, 1.54) is 5.56 Å². The van der Waals surface area contributed by atoms with Crippen LogP contribution >= 0.6 is 0 Å². The Balaban J connectivity index is 1.91. The van der Waals surface area contributed by atoms with Gasteiger partial charge in [-0.25, -0.2) is 9.48 Å². The van der Waals surface area contributed by atoms with E-state index in [-0.39, 0.29) is 5.69 Å². The largest absolute Gasteiger partial charge is 0.346 e. The number of aryl methyl sites for hydroxylation is 2. The monoisotopic (exact) mass is 229 g/mol. The van der Waals surface area contributed by atoms with Crippen molar-refractivity contribution in [3.63, 3.8) is 0 Å². The van der Waals surface area contributed by atoms with Crippen molar-refractivity contribution in [2.24, 2.45) is 0 Å². The SMILES string of the molecule is Cc1ccc(Cn2nc3n(c2=O)CCC3)cc1. The van der Waals surface area contributed by atoms with E-state index in [0.29, 0.717) is 6.54 Å². The minimum atomic E-state index is 0.0260. The summed E-state index contributed by atoms with van der Waals surface area (Å²) in [5.74, 6) is 0.933. The molecule has 0 atom stereocenters. The van der Waals surface area contributed by atoms with E-state index in [1.54, 1.807) is 9.25 Å². The molecule has 1 aromatic heterocycles. The molecule has 0 fully saturated rings. The molecule has 0 amide bonds. The van der Waals surface area contributed by atoms with Gasteiger partial charge in [-0.05, 0) is 18.9 Å². The highest BCUT2D eigenvalue weighted by Gasteiger charge is 2.17. The van der Waals surface area contributed by atoms with E-state index < -0.39 is 0 Å². The minimum Gasteiger partial charge on any atom is -0.279 e. The van der Waals surface area contributed by atoms with Gasteiger partial charge < -0.3 is 0 Å². The Morgan fingerprint density at radius 2 is 2.06 bits per heavy atom. The molecule has 3 rings (SSSR count). The molecule has 2 aromatic rings. The van der Waals surface area contributed by atoms with Crippen LogP contribution in [0.4, 0.5) is 0 Å². The lowest BCUT2D eigenvalue weighted by Gasteiger charge is -2.01. The molecule has 2 heterocycles. The number of hydrogen-bond acceptors (Lipinski definition) is 2. The number of fused-ring (bicyclic) bond motifs is 1. The van der Waals surface area contributed by atoms with Crippen molar-refractivity contribution in [2.75, 3.05) is 0 Å². The zero-order valence-corrected chi connectivity index (χ0v) is 9.89. The van der Waals surface area contributed by atoms with Crippen molar-refractivity contribution in [3.8, 4) is 0 Å². The summed E-state index contributed by atoms with van der Waals surface area (Å²) < 4.78 is 3.35. The third-order valence-electron chi connectivity index (χ3n) is 3.23. The number of hydrogen-bond donors (Lipinski definition) is 0. The standard InChI is InChI=1S/C13H15N3O/c1-10-4-6-11(7-5-10)9-16-13(17)15-8-2-3-12(15)14-16/h4-7H,2-3,8-9H2,1H3. The molecule has 88 valence electrons. The smallest absolute Gasteiger partial charge is 0.279 e. The van der Waals surface area contributed by atoms with Crippen molar-refractivity contribution < 1.29 is 0 Å². The fourth-order valence-corrected chi connectivity index (χ4v) is 2.26. The maximum atomic E-state index is 12.0. The van der Waals surface area contributed by atoms with Gasteiger partial charge in [0.1, 0.15) is 5.82 Å². The summed E-state index contributed by atoms with van der Waals surface area (Å²) in [5, 5.41) is 4.38. The lowest BCUT2D eigenvalue weighted by molar-refractivity contribution is 0.610. The molecule has 0 bridgehead atoms. The lowest BCUT2D eigenvalue weighted by Crippen LogP contribution is -2.24. The fourth-order valence-electron chi connectivity index (χ4n) is 2.26. The topological polar surface area (TPSA) is 39.8 Å². The average molecular weight is 229 g/mol. The van der Waals surface area contributed by atoms with Gasteiger partial charge in [0.2, 0.25) is 0 Å². The first-order valence-corrected chi connectivity index (χ1v) is 5.96. The molecule has 17 heavy (non-hydrogen) atoms. The van der Waals surface area contributed by atoms with Crippen LogP contribution in [0, 0.1) is 6.92 Å². The van der Waals surface area contributed by atoms with E-state index in [9.17, 15) is 4.79 Å². The van der Waals surface area contributed by atoms with Crippen LogP contribution in [0.5, 0.6) is 0 Å². The summed E-state index contributed by atoms with van der Waals surface area (Å²) in [7, 11) is 0. The number of aromatic nitrogens is 3. The number of benzene rings is 1. The molecule has 0 saturated heterocycles. The third kappa shape index (κ3) is 1.79. The van der Waals surface area contributed by atoms with Crippen molar-refractivity contribution in [2.45, 2.75) is 32.9 Å². The highest BCUT2D eigenvalue weighted by molar-refractivity contribution is 5.21. The molecule has 1 aromatic carbocycles. The van der Waals surface area contributed by atoms with E-state index in [0.717, 1.165) is 30.8 Å². The summed E-state index contributed by atoms with van der Waals surface area (Å²) in [4.78, 5) is 12.0. The van der Waals surface area contributed by atoms with Gasteiger partial charge in [0.15, 0.2) is 0 Å². The van der Waals surface area contributed by atoms with Crippen LogP contribution in [0.25, 0.3) is 0 Å². The highest BCUT2D eigenvalue weighted by atomic mass is 16.2. The second-order valence-corrected chi connectivity index (χ2v) is 4.60. The molecule has 0 unspecified atom stereocenters. The quantitative estimate of drug-likeness (QED) is 0.779. The summed E-state index contributed by atoms with van der Waals surface area (Å²) in [5.41, 5.74) is 2.38. The van der Waals surface area contributed by atoms with Gasteiger partial charge in [0.25, 0.3) is 0 Å². The van der Waals surface area contributed by atoms with E-state index >= 15 is 0 Å². The Morgan fingerprint density at radius 3 is 2.76 bits per heavy atom. The zero-order chi connectivity index (χ0) is 11.8. The maximum Gasteiger partial charge on any atom is 0.346 e. The normalized spacial score (nSPS) is 13.9. The Morgan fingerprint density at radius 1 is 1.29 bits per heavy atom. The van der Waals surface area contributed by atoms with Crippen LogP contribution < -0.4 is 5.69 Å². The van der Waals surface area contributed by atoms with Crippen molar-refractivity contribution in [1.82, 2.24) is 14.3 Å². The lowest BCUT2D eigenvalue weighted by atomic mass is 10.1. The van der Waals surface area contributed by atoms with Gasteiger partial charge in [0, 0.05) is 13.0 Å². The molecule has 1 aliphatic heterocycles. The van der Waals surface area contributed by atoms with Crippen molar-refractivity contribution >= 4 is 0 Å².